The van der Waals surface area contributed by atoms with Crippen LogP contribution in [0.1, 0.15) is 6.42 Å². The van der Waals surface area contributed by atoms with Gasteiger partial charge in [0.1, 0.15) is 6.04 Å². The molecule has 3 amide bonds. The van der Waals surface area contributed by atoms with Crippen LogP contribution < -0.4 is 16.4 Å². The molecule has 1 unspecified atom stereocenters. The van der Waals surface area contributed by atoms with Crippen molar-refractivity contribution in [3.05, 3.63) is 27.8 Å². The summed E-state index contributed by atoms with van der Waals surface area (Å²) < 4.78 is 1.00. The van der Waals surface area contributed by atoms with Crippen molar-refractivity contribution in [1.29, 1.82) is 0 Å². The van der Waals surface area contributed by atoms with Crippen molar-refractivity contribution in [3.8, 4) is 0 Å². The summed E-state index contributed by atoms with van der Waals surface area (Å²) >= 11 is 2.11. The van der Waals surface area contributed by atoms with E-state index in [1.54, 1.807) is 24.3 Å². The average Bonchev–Trinajstić information content (AvgIpc) is 2.30. The predicted molar refractivity (Wildman–Crippen MR) is 76.5 cm³/mol. The molecule has 0 fully saturated rings. The fourth-order valence-electron chi connectivity index (χ4n) is 1.26. The maximum atomic E-state index is 11.6. The Kier molecular flexibility index (Phi) is 5.55. The Hall–Kier alpha value is -1.84. The van der Waals surface area contributed by atoms with Gasteiger partial charge in [0.2, 0.25) is 5.91 Å². The lowest BCUT2D eigenvalue weighted by molar-refractivity contribution is -0.140. The van der Waals surface area contributed by atoms with Crippen LogP contribution in [0, 0.1) is 3.57 Å². The minimum absolute atomic E-state index is 0.463. The van der Waals surface area contributed by atoms with E-state index in [-0.39, 0.29) is 0 Å². The zero-order valence-corrected chi connectivity index (χ0v) is 11.9. The third-order valence-electron chi connectivity index (χ3n) is 2.11. The van der Waals surface area contributed by atoms with Crippen molar-refractivity contribution in [1.82, 2.24) is 5.32 Å². The molecule has 0 radical (unpaired) electrons. The molecule has 5 N–H and O–H groups in total. The normalized spacial score (nSPS) is 11.4. The predicted octanol–water partition coefficient (Wildman–Crippen LogP) is 0.741. The molecule has 7 nitrogen and oxygen atoms in total. The Balaban J connectivity index is 2.59. The Morgan fingerprint density at radius 3 is 2.32 bits per heavy atom. The number of nitrogens with one attached hydrogen (secondary N) is 2. The quantitative estimate of drug-likeness (QED) is 0.566. The van der Waals surface area contributed by atoms with E-state index >= 15 is 0 Å². The Labute approximate surface area is 122 Å². The van der Waals surface area contributed by atoms with Gasteiger partial charge < -0.3 is 21.5 Å². The summed E-state index contributed by atoms with van der Waals surface area (Å²) in [5.41, 5.74) is 5.42. The fourth-order valence-corrected chi connectivity index (χ4v) is 1.62. The Morgan fingerprint density at radius 1 is 1.26 bits per heavy atom. The van der Waals surface area contributed by atoms with Gasteiger partial charge in [0, 0.05) is 9.26 Å². The molecule has 0 bridgehead atoms. The van der Waals surface area contributed by atoms with Gasteiger partial charge in [-0.25, -0.2) is 9.59 Å². The fraction of sp³-hybridized carbons (Fsp3) is 0.182. The lowest BCUT2D eigenvalue weighted by atomic mass is 10.2. The number of carbonyl (C=O) groups excluding carboxylic acids is 2. The molecule has 0 aliphatic carbocycles. The van der Waals surface area contributed by atoms with Gasteiger partial charge in [-0.2, -0.15) is 0 Å². The van der Waals surface area contributed by atoms with Crippen LogP contribution in [0.2, 0.25) is 0 Å². The van der Waals surface area contributed by atoms with Gasteiger partial charge in [0.25, 0.3) is 0 Å². The lowest BCUT2D eigenvalue weighted by Gasteiger charge is -2.13. The minimum Gasteiger partial charge on any atom is -0.480 e. The number of halogens is 1. The molecule has 8 heteroatoms. The van der Waals surface area contributed by atoms with Crippen molar-refractivity contribution in [2.75, 3.05) is 5.32 Å². The van der Waals surface area contributed by atoms with Crippen LogP contribution in [0.15, 0.2) is 24.3 Å². The summed E-state index contributed by atoms with van der Waals surface area (Å²) in [6.45, 7) is 0. The van der Waals surface area contributed by atoms with Crippen LogP contribution >= 0.6 is 22.6 Å². The van der Waals surface area contributed by atoms with E-state index in [9.17, 15) is 14.4 Å². The third kappa shape index (κ3) is 5.55. The molecule has 1 rings (SSSR count). The summed E-state index contributed by atoms with van der Waals surface area (Å²) in [6.07, 6.45) is -0.463. The molecule has 1 aromatic rings. The van der Waals surface area contributed by atoms with Gasteiger partial charge >= 0.3 is 12.0 Å². The molecule has 0 saturated heterocycles. The molecule has 0 heterocycles. The van der Waals surface area contributed by atoms with Gasteiger partial charge in [-0.15, -0.1) is 0 Å². The number of anilines is 1. The minimum atomic E-state index is -1.35. The smallest absolute Gasteiger partial charge is 0.326 e. The molecular formula is C11H12IN3O4. The van der Waals surface area contributed by atoms with Crippen molar-refractivity contribution in [2.24, 2.45) is 5.73 Å². The molecule has 0 aliphatic heterocycles. The number of nitrogens with two attached hydrogens (primary N) is 1. The van der Waals surface area contributed by atoms with Gasteiger partial charge in [-0.05, 0) is 46.9 Å². The maximum absolute atomic E-state index is 11.6. The van der Waals surface area contributed by atoms with Gasteiger partial charge in [0.15, 0.2) is 0 Å². The first-order valence-electron chi connectivity index (χ1n) is 5.22. The second kappa shape index (κ2) is 6.92. The van der Waals surface area contributed by atoms with E-state index in [0.29, 0.717) is 5.69 Å². The summed E-state index contributed by atoms with van der Waals surface area (Å²) in [5.74, 6) is -2.13. The van der Waals surface area contributed by atoms with Gasteiger partial charge in [0.05, 0.1) is 6.42 Å². The second-order valence-corrected chi connectivity index (χ2v) is 4.91. The van der Waals surface area contributed by atoms with E-state index in [2.05, 4.69) is 33.2 Å². The van der Waals surface area contributed by atoms with Crippen LogP contribution in [-0.4, -0.2) is 29.1 Å². The zero-order chi connectivity index (χ0) is 14.4. The van der Waals surface area contributed by atoms with E-state index in [0.717, 1.165) is 3.57 Å². The number of aliphatic carboxylic acids is 1. The highest BCUT2D eigenvalue weighted by atomic mass is 127. The number of benzene rings is 1. The van der Waals surface area contributed by atoms with Crippen LogP contribution in [-0.2, 0) is 9.59 Å². The Morgan fingerprint density at radius 2 is 1.84 bits per heavy atom. The van der Waals surface area contributed by atoms with Crippen LogP contribution in [0.3, 0.4) is 0 Å². The van der Waals surface area contributed by atoms with Crippen LogP contribution in [0.25, 0.3) is 0 Å². The lowest BCUT2D eigenvalue weighted by Crippen LogP contribution is -2.45. The number of hydrogen-bond donors (Lipinski definition) is 4. The van der Waals surface area contributed by atoms with E-state index in [4.69, 9.17) is 10.8 Å². The maximum Gasteiger partial charge on any atom is 0.326 e. The van der Waals surface area contributed by atoms with E-state index in [1.165, 1.54) is 0 Å². The number of carbonyl (C=O) groups is 3. The van der Waals surface area contributed by atoms with Gasteiger partial charge in [-0.3, -0.25) is 4.79 Å². The standard InChI is InChI=1S/C11H12IN3O4/c12-6-1-3-7(4-2-6)14-11(19)15-8(10(17)18)5-9(13)16/h1-4,8H,5H2,(H2,13,16)(H,17,18)(H2,14,15,19). The Bertz CT molecular complexity index is 489. The number of primary amides is 1. The number of amides is 3. The highest BCUT2D eigenvalue weighted by Gasteiger charge is 2.21. The second-order valence-electron chi connectivity index (χ2n) is 3.67. The van der Waals surface area contributed by atoms with Crippen molar-refractivity contribution in [2.45, 2.75) is 12.5 Å². The largest absolute Gasteiger partial charge is 0.480 e. The molecule has 0 aliphatic rings. The summed E-state index contributed by atoms with van der Waals surface area (Å²) in [5, 5.41) is 13.4. The molecule has 0 aromatic heterocycles. The first kappa shape index (κ1) is 15.2. The molecule has 0 spiro atoms. The van der Waals surface area contributed by atoms with Crippen molar-refractivity contribution in [3.63, 3.8) is 0 Å². The highest BCUT2D eigenvalue weighted by Crippen LogP contribution is 2.10. The number of hydrogen-bond acceptors (Lipinski definition) is 3. The molecule has 19 heavy (non-hydrogen) atoms. The zero-order valence-electron chi connectivity index (χ0n) is 9.72. The monoisotopic (exact) mass is 377 g/mol. The molecule has 102 valence electrons. The van der Waals surface area contributed by atoms with Crippen molar-refractivity contribution >= 4 is 46.2 Å². The van der Waals surface area contributed by atoms with E-state index < -0.39 is 30.4 Å². The highest BCUT2D eigenvalue weighted by molar-refractivity contribution is 14.1. The average molecular weight is 377 g/mol. The first-order chi connectivity index (χ1) is 8.88. The number of rotatable bonds is 5. The summed E-state index contributed by atoms with van der Waals surface area (Å²) in [4.78, 5) is 33.0. The number of carboxylic acids is 1. The summed E-state index contributed by atoms with van der Waals surface area (Å²) in [7, 11) is 0. The van der Waals surface area contributed by atoms with Crippen LogP contribution in [0.4, 0.5) is 10.5 Å². The number of carboxylic acid groups (broad SMARTS) is 1. The SMILES string of the molecule is NC(=O)CC(NC(=O)Nc1ccc(I)cc1)C(=O)O. The number of urea groups is 1. The summed E-state index contributed by atoms with van der Waals surface area (Å²) in [6, 6.07) is 4.86. The van der Waals surface area contributed by atoms with E-state index in [1.807, 2.05) is 0 Å². The molecular weight excluding hydrogens is 365 g/mol. The topological polar surface area (TPSA) is 122 Å². The molecule has 1 atom stereocenters. The molecule has 1 aromatic carbocycles. The molecule has 0 saturated carbocycles. The van der Waals surface area contributed by atoms with Crippen molar-refractivity contribution < 1.29 is 19.5 Å². The van der Waals surface area contributed by atoms with Gasteiger partial charge in [-0.1, -0.05) is 0 Å². The third-order valence-corrected chi connectivity index (χ3v) is 2.83. The first-order valence-corrected chi connectivity index (χ1v) is 6.30. The van der Waals surface area contributed by atoms with Crippen LogP contribution in [0.5, 0.6) is 0 Å².